The van der Waals surface area contributed by atoms with Crippen LogP contribution in [-0.2, 0) is 10.0 Å². The van der Waals surface area contributed by atoms with E-state index in [0.717, 1.165) is 4.88 Å². The maximum Gasteiger partial charge on any atom is 0.230 e. The molecule has 1 aromatic heterocycles. The molecule has 1 aliphatic rings. The number of hydrogen-bond donors (Lipinski definition) is 0. The maximum atomic E-state index is 12.1. The van der Waals surface area contributed by atoms with Gasteiger partial charge in [-0.2, -0.15) is 0 Å². The summed E-state index contributed by atoms with van der Waals surface area (Å²) in [5.74, 6) is 1.19. The lowest BCUT2D eigenvalue weighted by atomic mass is 10.2. The minimum absolute atomic E-state index is 0.0596. The van der Waals surface area contributed by atoms with Gasteiger partial charge in [-0.15, -0.1) is 11.3 Å². The summed E-state index contributed by atoms with van der Waals surface area (Å²) in [5, 5.41) is 3.53. The van der Waals surface area contributed by atoms with Gasteiger partial charge in [-0.3, -0.25) is 0 Å². The molecule has 0 saturated carbocycles. The number of nitrogens with zero attached hydrogens (tertiary/aromatic N) is 3. The third-order valence-electron chi connectivity index (χ3n) is 3.20. The molecule has 0 aliphatic carbocycles. The average Bonchev–Trinajstić information content (AvgIpc) is 3.15. The zero-order chi connectivity index (χ0) is 15.7. The Hall–Kier alpha value is -1.90. The molecule has 0 atom stereocenters. The Morgan fingerprint density at radius 1 is 1.23 bits per heavy atom. The van der Waals surface area contributed by atoms with E-state index in [0.29, 0.717) is 17.3 Å². The lowest BCUT2D eigenvalue weighted by Crippen LogP contribution is -2.45. The van der Waals surface area contributed by atoms with Gasteiger partial charge < -0.3 is 4.74 Å². The third-order valence-corrected chi connectivity index (χ3v) is 5.11. The summed E-state index contributed by atoms with van der Waals surface area (Å²) in [4.78, 5) is 5.30. The standard InChI is InChI=1S/C14H15N3O3S2/c1-20-12-7-4-3-6-11(12)17-14(13-8-5-9-21-13)15-10-16(17)22(2,18)19/h3-9H,10H2,1-2H3. The summed E-state index contributed by atoms with van der Waals surface area (Å²) in [6.45, 7) is 0.0596. The number of para-hydroxylation sites is 2. The van der Waals surface area contributed by atoms with Crippen LogP contribution in [0.2, 0.25) is 0 Å². The Labute approximate surface area is 133 Å². The SMILES string of the molecule is COc1ccccc1N1C(c2cccs2)=NCN1S(C)(=O)=O. The van der Waals surface area contributed by atoms with Crippen LogP contribution in [0.15, 0.2) is 46.8 Å². The molecule has 0 bridgehead atoms. The zero-order valence-electron chi connectivity index (χ0n) is 12.1. The largest absolute Gasteiger partial charge is 0.495 e. The molecule has 0 N–H and O–H groups in total. The predicted molar refractivity (Wildman–Crippen MR) is 87.9 cm³/mol. The lowest BCUT2D eigenvalue weighted by Gasteiger charge is -2.29. The molecule has 116 valence electrons. The molecule has 1 aliphatic heterocycles. The normalized spacial score (nSPS) is 15.9. The van der Waals surface area contributed by atoms with Gasteiger partial charge in [-0.25, -0.2) is 18.4 Å². The molecule has 0 unspecified atom stereocenters. The van der Waals surface area contributed by atoms with E-state index in [9.17, 15) is 8.42 Å². The van der Waals surface area contributed by atoms with Crippen molar-refractivity contribution in [2.45, 2.75) is 0 Å². The van der Waals surface area contributed by atoms with Gasteiger partial charge in [0, 0.05) is 0 Å². The van der Waals surface area contributed by atoms with E-state index < -0.39 is 10.0 Å². The second-order valence-corrected chi connectivity index (χ2v) is 7.50. The smallest absolute Gasteiger partial charge is 0.230 e. The van der Waals surface area contributed by atoms with Crippen LogP contribution >= 0.6 is 11.3 Å². The third kappa shape index (κ3) is 2.60. The van der Waals surface area contributed by atoms with Crippen molar-refractivity contribution >= 4 is 32.9 Å². The molecule has 0 fully saturated rings. The summed E-state index contributed by atoms with van der Waals surface area (Å²) >= 11 is 1.51. The van der Waals surface area contributed by atoms with E-state index in [-0.39, 0.29) is 6.67 Å². The quantitative estimate of drug-likeness (QED) is 0.858. The first-order valence-corrected chi connectivity index (χ1v) is 9.24. The molecule has 0 amide bonds. The fourth-order valence-corrected chi connectivity index (χ4v) is 3.69. The Morgan fingerprint density at radius 2 is 2.00 bits per heavy atom. The fraction of sp³-hybridized carbons (Fsp3) is 0.214. The van der Waals surface area contributed by atoms with E-state index in [2.05, 4.69) is 4.99 Å². The van der Waals surface area contributed by atoms with Gasteiger partial charge in [-0.1, -0.05) is 22.6 Å². The number of aliphatic imine (C=N–C) groups is 1. The van der Waals surface area contributed by atoms with Crippen LogP contribution in [0.25, 0.3) is 0 Å². The van der Waals surface area contributed by atoms with Crippen molar-refractivity contribution in [2.75, 3.05) is 25.0 Å². The molecule has 2 heterocycles. The number of rotatable bonds is 4. The predicted octanol–water partition coefficient (Wildman–Crippen LogP) is 2.16. The van der Waals surface area contributed by atoms with Gasteiger partial charge in [0.05, 0.1) is 18.2 Å². The van der Waals surface area contributed by atoms with Crippen LogP contribution in [0.5, 0.6) is 5.75 Å². The van der Waals surface area contributed by atoms with Gasteiger partial charge in [0.1, 0.15) is 18.1 Å². The number of amidine groups is 1. The summed E-state index contributed by atoms with van der Waals surface area (Å²) in [7, 11) is -1.90. The fourth-order valence-electron chi connectivity index (χ4n) is 2.24. The van der Waals surface area contributed by atoms with Crippen molar-refractivity contribution in [3.63, 3.8) is 0 Å². The second-order valence-electron chi connectivity index (χ2n) is 4.67. The highest BCUT2D eigenvalue weighted by Crippen LogP contribution is 2.34. The number of thiophene rings is 1. The van der Waals surface area contributed by atoms with Crippen LogP contribution in [0, 0.1) is 0 Å². The number of ether oxygens (including phenoxy) is 1. The Balaban J connectivity index is 2.14. The Bertz CT molecular complexity index is 801. The molecule has 3 rings (SSSR count). The topological polar surface area (TPSA) is 62.2 Å². The molecule has 1 aromatic carbocycles. The van der Waals surface area contributed by atoms with Crippen molar-refractivity contribution in [3.8, 4) is 5.75 Å². The van der Waals surface area contributed by atoms with Crippen molar-refractivity contribution < 1.29 is 13.2 Å². The number of sulfonamides is 1. The van der Waals surface area contributed by atoms with Gasteiger partial charge in [-0.05, 0) is 23.6 Å². The summed E-state index contributed by atoms with van der Waals surface area (Å²) in [6.07, 6.45) is 1.17. The van der Waals surface area contributed by atoms with E-state index >= 15 is 0 Å². The monoisotopic (exact) mass is 337 g/mol. The minimum Gasteiger partial charge on any atom is -0.495 e. The van der Waals surface area contributed by atoms with Crippen molar-refractivity contribution in [1.82, 2.24) is 4.41 Å². The minimum atomic E-state index is -3.46. The lowest BCUT2D eigenvalue weighted by molar-refractivity contribution is 0.407. The number of benzene rings is 1. The molecule has 8 heteroatoms. The molecular weight excluding hydrogens is 322 g/mol. The first kappa shape index (κ1) is 15.0. The van der Waals surface area contributed by atoms with E-state index in [1.165, 1.54) is 22.0 Å². The summed E-state index contributed by atoms with van der Waals surface area (Å²) < 4.78 is 30.8. The van der Waals surface area contributed by atoms with E-state index in [1.54, 1.807) is 18.2 Å². The molecule has 6 nitrogen and oxygen atoms in total. The first-order valence-electron chi connectivity index (χ1n) is 6.51. The highest BCUT2D eigenvalue weighted by atomic mass is 32.2. The first-order chi connectivity index (χ1) is 10.5. The van der Waals surface area contributed by atoms with Crippen LogP contribution < -0.4 is 9.75 Å². The number of anilines is 1. The summed E-state index contributed by atoms with van der Waals surface area (Å²) in [5.41, 5.74) is 0.639. The number of methoxy groups -OCH3 is 1. The highest BCUT2D eigenvalue weighted by Gasteiger charge is 2.36. The Kier molecular flexibility index (Phi) is 3.90. The van der Waals surface area contributed by atoms with Gasteiger partial charge in [0.2, 0.25) is 10.0 Å². The van der Waals surface area contributed by atoms with Gasteiger partial charge in [0.15, 0.2) is 5.84 Å². The van der Waals surface area contributed by atoms with E-state index in [1.807, 2.05) is 35.7 Å². The van der Waals surface area contributed by atoms with Crippen molar-refractivity contribution in [1.29, 1.82) is 0 Å². The van der Waals surface area contributed by atoms with E-state index in [4.69, 9.17) is 4.74 Å². The van der Waals surface area contributed by atoms with Crippen molar-refractivity contribution in [2.24, 2.45) is 4.99 Å². The summed E-state index contributed by atoms with van der Waals surface area (Å²) in [6, 6.07) is 11.1. The second kappa shape index (κ2) is 5.71. The van der Waals surface area contributed by atoms with Crippen molar-refractivity contribution in [3.05, 3.63) is 46.7 Å². The molecular formula is C14H15N3O3S2. The average molecular weight is 337 g/mol. The van der Waals surface area contributed by atoms with Crippen LogP contribution in [-0.4, -0.2) is 38.7 Å². The Morgan fingerprint density at radius 3 is 2.64 bits per heavy atom. The molecule has 22 heavy (non-hydrogen) atoms. The number of hydrazine groups is 1. The van der Waals surface area contributed by atoms with Gasteiger partial charge >= 0.3 is 0 Å². The molecule has 2 aromatic rings. The molecule has 0 radical (unpaired) electrons. The maximum absolute atomic E-state index is 12.1. The van der Waals surface area contributed by atoms with Crippen LogP contribution in [0.3, 0.4) is 0 Å². The molecule has 0 spiro atoms. The number of hydrogen-bond acceptors (Lipinski definition) is 6. The van der Waals surface area contributed by atoms with Crippen LogP contribution in [0.1, 0.15) is 4.88 Å². The van der Waals surface area contributed by atoms with Gasteiger partial charge in [0.25, 0.3) is 0 Å². The zero-order valence-corrected chi connectivity index (χ0v) is 13.8. The van der Waals surface area contributed by atoms with Crippen LogP contribution in [0.4, 0.5) is 5.69 Å². The molecule has 0 saturated heterocycles. The highest BCUT2D eigenvalue weighted by molar-refractivity contribution is 7.88.